The van der Waals surface area contributed by atoms with E-state index >= 15 is 0 Å². The van der Waals surface area contributed by atoms with Gasteiger partial charge in [0, 0.05) is 24.7 Å². The third-order valence-corrected chi connectivity index (χ3v) is 3.19. The maximum absolute atomic E-state index is 8.73. The predicted molar refractivity (Wildman–Crippen MR) is 67.4 cm³/mol. The fraction of sp³-hybridized carbons (Fsp3) is 0.250. The zero-order valence-electron chi connectivity index (χ0n) is 8.99. The molecule has 0 aliphatic carbocycles. The molecule has 0 unspecified atom stereocenters. The topological polar surface area (TPSA) is 46.3 Å². The van der Waals surface area contributed by atoms with Gasteiger partial charge in [-0.1, -0.05) is 40.5 Å². The van der Waals surface area contributed by atoms with Crippen molar-refractivity contribution in [1.82, 2.24) is 5.16 Å². The molecule has 1 aromatic carbocycles. The molecule has 0 spiro atoms. The molecular formula is C12H11Cl2NO2. The van der Waals surface area contributed by atoms with E-state index in [0.717, 1.165) is 11.3 Å². The van der Waals surface area contributed by atoms with Crippen molar-refractivity contribution in [2.75, 3.05) is 6.61 Å². The van der Waals surface area contributed by atoms with Crippen LogP contribution in [0.1, 0.15) is 12.2 Å². The molecule has 1 aromatic heterocycles. The lowest BCUT2D eigenvalue weighted by molar-refractivity contribution is 0.280. The number of hydrogen-bond acceptors (Lipinski definition) is 3. The Morgan fingerprint density at radius 1 is 1.29 bits per heavy atom. The van der Waals surface area contributed by atoms with Gasteiger partial charge in [-0.15, -0.1) is 0 Å². The minimum absolute atomic E-state index is 0.133. The normalized spacial score (nSPS) is 10.8. The van der Waals surface area contributed by atoms with Crippen molar-refractivity contribution in [1.29, 1.82) is 0 Å². The van der Waals surface area contributed by atoms with Crippen LogP contribution in [-0.4, -0.2) is 16.9 Å². The third kappa shape index (κ3) is 2.80. The minimum Gasteiger partial charge on any atom is -0.396 e. The van der Waals surface area contributed by atoms with Crippen LogP contribution in [0.25, 0.3) is 11.3 Å². The second kappa shape index (κ2) is 5.54. The first-order chi connectivity index (χ1) is 8.22. The van der Waals surface area contributed by atoms with Crippen molar-refractivity contribution in [3.05, 3.63) is 40.1 Å². The number of rotatable bonds is 4. The second-order valence-corrected chi connectivity index (χ2v) is 4.39. The van der Waals surface area contributed by atoms with Crippen molar-refractivity contribution < 1.29 is 9.63 Å². The molecule has 1 heterocycles. The molecule has 0 amide bonds. The van der Waals surface area contributed by atoms with Crippen LogP contribution in [0, 0.1) is 0 Å². The maximum Gasteiger partial charge on any atom is 0.137 e. The standard InChI is InChI=1S/C12H11Cl2NO2/c13-10-5-1-4-9(12(10)14)11-7-8(17-15-11)3-2-6-16/h1,4-5,7,16H,2-3,6H2. The summed E-state index contributed by atoms with van der Waals surface area (Å²) < 4.78 is 5.15. The number of benzene rings is 1. The monoisotopic (exact) mass is 271 g/mol. The summed E-state index contributed by atoms with van der Waals surface area (Å²) in [5.41, 5.74) is 1.41. The molecule has 0 atom stereocenters. The van der Waals surface area contributed by atoms with Crippen molar-refractivity contribution in [2.24, 2.45) is 0 Å². The minimum atomic E-state index is 0.133. The highest BCUT2D eigenvalue weighted by atomic mass is 35.5. The van der Waals surface area contributed by atoms with E-state index < -0.39 is 0 Å². The van der Waals surface area contributed by atoms with Crippen molar-refractivity contribution >= 4 is 23.2 Å². The van der Waals surface area contributed by atoms with Gasteiger partial charge >= 0.3 is 0 Å². The lowest BCUT2D eigenvalue weighted by Crippen LogP contribution is -1.86. The molecule has 0 fully saturated rings. The van der Waals surface area contributed by atoms with Gasteiger partial charge in [-0.05, 0) is 12.5 Å². The summed E-state index contributed by atoms with van der Waals surface area (Å²) in [6, 6.07) is 7.18. The van der Waals surface area contributed by atoms with Crippen LogP contribution in [0.3, 0.4) is 0 Å². The molecular weight excluding hydrogens is 261 g/mol. The molecule has 0 radical (unpaired) electrons. The average Bonchev–Trinajstić information content (AvgIpc) is 2.78. The first-order valence-corrected chi connectivity index (χ1v) is 5.99. The Bertz CT molecular complexity index is 511. The fourth-order valence-electron chi connectivity index (χ4n) is 1.51. The van der Waals surface area contributed by atoms with Crippen LogP contribution in [-0.2, 0) is 6.42 Å². The van der Waals surface area contributed by atoms with E-state index in [2.05, 4.69) is 5.16 Å². The first kappa shape index (κ1) is 12.4. The van der Waals surface area contributed by atoms with Gasteiger partial charge in [0.05, 0.1) is 10.0 Å². The highest BCUT2D eigenvalue weighted by Gasteiger charge is 2.11. The highest BCUT2D eigenvalue weighted by molar-refractivity contribution is 6.43. The number of hydrogen-bond donors (Lipinski definition) is 1. The Balaban J connectivity index is 2.27. The Morgan fingerprint density at radius 3 is 2.88 bits per heavy atom. The molecule has 0 aliphatic heterocycles. The Hall–Kier alpha value is -1.03. The summed E-state index contributed by atoms with van der Waals surface area (Å²) in [4.78, 5) is 0. The SMILES string of the molecule is OCCCc1cc(-c2cccc(Cl)c2Cl)no1. The van der Waals surface area contributed by atoms with Crippen LogP contribution in [0.2, 0.25) is 10.0 Å². The second-order valence-electron chi connectivity index (χ2n) is 3.61. The van der Waals surface area contributed by atoms with Gasteiger partial charge in [-0.3, -0.25) is 0 Å². The molecule has 2 aromatic rings. The quantitative estimate of drug-likeness (QED) is 0.925. The molecule has 0 saturated heterocycles. The summed E-state index contributed by atoms with van der Waals surface area (Å²) >= 11 is 12.0. The summed E-state index contributed by atoms with van der Waals surface area (Å²) in [5, 5.41) is 13.6. The predicted octanol–water partition coefficient (Wildman–Crippen LogP) is 3.57. The van der Waals surface area contributed by atoms with Crippen molar-refractivity contribution in [2.45, 2.75) is 12.8 Å². The van der Waals surface area contributed by atoms with Gasteiger partial charge in [0.2, 0.25) is 0 Å². The number of aryl methyl sites for hydroxylation is 1. The lowest BCUT2D eigenvalue weighted by atomic mass is 10.1. The summed E-state index contributed by atoms with van der Waals surface area (Å²) in [6.07, 6.45) is 1.31. The molecule has 17 heavy (non-hydrogen) atoms. The van der Waals surface area contributed by atoms with Gasteiger partial charge < -0.3 is 9.63 Å². The number of aliphatic hydroxyl groups excluding tert-OH is 1. The van der Waals surface area contributed by atoms with E-state index in [0.29, 0.717) is 28.6 Å². The van der Waals surface area contributed by atoms with Gasteiger partial charge in [0.15, 0.2) is 0 Å². The van der Waals surface area contributed by atoms with Gasteiger partial charge in [0.1, 0.15) is 11.5 Å². The average molecular weight is 272 g/mol. The number of aliphatic hydroxyl groups is 1. The molecule has 0 bridgehead atoms. The van der Waals surface area contributed by atoms with Crippen molar-refractivity contribution in [3.63, 3.8) is 0 Å². The number of halogens is 2. The molecule has 0 saturated carbocycles. The number of aromatic nitrogens is 1. The molecule has 0 aliphatic rings. The molecule has 90 valence electrons. The Labute approximate surface area is 109 Å². The van der Waals surface area contributed by atoms with Gasteiger partial charge in [-0.2, -0.15) is 0 Å². The largest absolute Gasteiger partial charge is 0.396 e. The third-order valence-electron chi connectivity index (χ3n) is 2.37. The molecule has 1 N–H and O–H groups in total. The van der Waals surface area contributed by atoms with Gasteiger partial charge in [-0.25, -0.2) is 0 Å². The van der Waals surface area contributed by atoms with E-state index in [1.165, 1.54) is 0 Å². The van der Waals surface area contributed by atoms with E-state index in [1.807, 2.05) is 18.2 Å². The summed E-state index contributed by atoms with van der Waals surface area (Å²) in [7, 11) is 0. The Morgan fingerprint density at radius 2 is 2.12 bits per heavy atom. The fourth-order valence-corrected chi connectivity index (χ4v) is 1.91. The summed E-state index contributed by atoms with van der Waals surface area (Å²) in [6.45, 7) is 0.133. The maximum atomic E-state index is 8.73. The van der Waals surface area contributed by atoms with Crippen molar-refractivity contribution in [3.8, 4) is 11.3 Å². The van der Waals surface area contributed by atoms with E-state index in [-0.39, 0.29) is 6.61 Å². The molecule has 5 heteroatoms. The first-order valence-electron chi connectivity index (χ1n) is 5.23. The van der Waals surface area contributed by atoms with E-state index in [9.17, 15) is 0 Å². The van der Waals surface area contributed by atoms with E-state index in [4.69, 9.17) is 32.8 Å². The van der Waals surface area contributed by atoms with Crippen LogP contribution < -0.4 is 0 Å². The van der Waals surface area contributed by atoms with E-state index in [1.54, 1.807) is 6.07 Å². The molecule has 2 rings (SSSR count). The van der Waals surface area contributed by atoms with Crippen LogP contribution >= 0.6 is 23.2 Å². The van der Waals surface area contributed by atoms with Crippen LogP contribution in [0.5, 0.6) is 0 Å². The van der Waals surface area contributed by atoms with Crippen LogP contribution in [0.15, 0.2) is 28.8 Å². The smallest absolute Gasteiger partial charge is 0.137 e. The van der Waals surface area contributed by atoms with Gasteiger partial charge in [0.25, 0.3) is 0 Å². The highest BCUT2D eigenvalue weighted by Crippen LogP contribution is 2.33. The zero-order valence-corrected chi connectivity index (χ0v) is 10.5. The Kier molecular flexibility index (Phi) is 4.05. The molecule has 3 nitrogen and oxygen atoms in total. The summed E-state index contributed by atoms with van der Waals surface area (Å²) in [5.74, 6) is 0.727. The zero-order chi connectivity index (χ0) is 12.3. The lowest BCUT2D eigenvalue weighted by Gasteiger charge is -2.00. The van der Waals surface area contributed by atoms with Crippen LogP contribution in [0.4, 0.5) is 0 Å². The number of nitrogens with zero attached hydrogens (tertiary/aromatic N) is 1.